The number of nitrogens with zero attached hydrogens (tertiary/aromatic N) is 1. The second-order valence-electron chi connectivity index (χ2n) is 5.07. The average molecular weight is 215 g/mol. The number of hydrogen-bond acceptors (Lipinski definition) is 2. The fourth-order valence-corrected chi connectivity index (χ4v) is 3.27. The van der Waals surface area contributed by atoms with Gasteiger partial charge in [0.2, 0.25) is 0 Å². The van der Waals surface area contributed by atoms with Gasteiger partial charge in [0.05, 0.1) is 0 Å². The smallest absolute Gasteiger partial charge is 0.132 e. The van der Waals surface area contributed by atoms with Crippen molar-refractivity contribution in [3.63, 3.8) is 0 Å². The lowest BCUT2D eigenvalue weighted by molar-refractivity contribution is -0.121. The third-order valence-corrected chi connectivity index (χ3v) is 4.16. The zero-order valence-electron chi connectivity index (χ0n) is 9.48. The molecule has 1 atom stereocenters. The van der Waals surface area contributed by atoms with Gasteiger partial charge in [-0.15, -0.1) is 0 Å². The number of fused-ring (bicyclic) bond motifs is 1. The number of hydrogen-bond donors (Lipinski definition) is 0. The van der Waals surface area contributed by atoms with E-state index in [1.165, 1.54) is 24.1 Å². The Hall–Kier alpha value is -1.18. The molecule has 1 unspecified atom stereocenters. The lowest BCUT2D eigenvalue weighted by Crippen LogP contribution is -2.19. The lowest BCUT2D eigenvalue weighted by atomic mass is 9.78. The minimum absolute atomic E-state index is 0.454. The van der Waals surface area contributed by atoms with Crippen molar-refractivity contribution in [3.05, 3.63) is 29.6 Å². The Morgan fingerprint density at radius 1 is 1.12 bits per heavy atom. The Morgan fingerprint density at radius 3 is 2.75 bits per heavy atom. The van der Waals surface area contributed by atoms with Gasteiger partial charge in [-0.3, -0.25) is 9.78 Å². The van der Waals surface area contributed by atoms with E-state index in [0.717, 1.165) is 25.7 Å². The second-order valence-corrected chi connectivity index (χ2v) is 5.07. The molecule has 2 heteroatoms. The Balaban J connectivity index is 1.80. The van der Waals surface area contributed by atoms with Crippen LogP contribution in [0, 0.1) is 5.92 Å². The number of carbonyl (C=O) groups is 1. The molecule has 0 amide bonds. The summed E-state index contributed by atoms with van der Waals surface area (Å²) in [5.41, 5.74) is 2.76. The molecular formula is C14H17NO. The summed E-state index contributed by atoms with van der Waals surface area (Å²) >= 11 is 0. The summed E-state index contributed by atoms with van der Waals surface area (Å²) in [6.45, 7) is 0. The largest absolute Gasteiger partial charge is 0.300 e. The van der Waals surface area contributed by atoms with Crippen molar-refractivity contribution in [2.24, 2.45) is 5.92 Å². The van der Waals surface area contributed by atoms with Gasteiger partial charge in [0, 0.05) is 30.7 Å². The van der Waals surface area contributed by atoms with Gasteiger partial charge in [-0.2, -0.15) is 0 Å². The summed E-state index contributed by atoms with van der Waals surface area (Å²) in [5.74, 6) is 1.79. The van der Waals surface area contributed by atoms with Crippen LogP contribution in [0.3, 0.4) is 0 Å². The van der Waals surface area contributed by atoms with Crippen molar-refractivity contribution in [1.82, 2.24) is 4.98 Å². The van der Waals surface area contributed by atoms with Crippen molar-refractivity contribution < 1.29 is 4.79 Å². The van der Waals surface area contributed by atoms with E-state index in [-0.39, 0.29) is 0 Å². The van der Waals surface area contributed by atoms with Gasteiger partial charge in [0.25, 0.3) is 0 Å². The molecule has 1 heterocycles. The van der Waals surface area contributed by atoms with Crippen LogP contribution in [-0.4, -0.2) is 10.8 Å². The SMILES string of the molecule is O=C1CCC(C2CCc3cccnc32)CC1. The predicted molar refractivity (Wildman–Crippen MR) is 62.3 cm³/mol. The predicted octanol–water partition coefficient (Wildman–Crippen LogP) is 2.87. The number of ketones is 1. The monoisotopic (exact) mass is 215 g/mol. The van der Waals surface area contributed by atoms with Gasteiger partial charge in [-0.25, -0.2) is 0 Å². The summed E-state index contributed by atoms with van der Waals surface area (Å²) in [6, 6.07) is 4.24. The van der Waals surface area contributed by atoms with Crippen LogP contribution in [0.25, 0.3) is 0 Å². The van der Waals surface area contributed by atoms with Crippen LogP contribution < -0.4 is 0 Å². The number of rotatable bonds is 1. The molecule has 0 aromatic carbocycles. The van der Waals surface area contributed by atoms with E-state index in [0.29, 0.717) is 17.6 Å². The van der Waals surface area contributed by atoms with Crippen LogP contribution in [0.5, 0.6) is 0 Å². The Labute approximate surface area is 96.1 Å². The molecule has 2 nitrogen and oxygen atoms in total. The number of pyridine rings is 1. The molecule has 2 aliphatic rings. The third-order valence-electron chi connectivity index (χ3n) is 4.16. The van der Waals surface area contributed by atoms with Gasteiger partial charge in [-0.1, -0.05) is 6.07 Å². The molecule has 0 saturated heterocycles. The molecule has 16 heavy (non-hydrogen) atoms. The van der Waals surface area contributed by atoms with E-state index in [2.05, 4.69) is 11.1 Å². The van der Waals surface area contributed by atoms with Crippen LogP contribution in [-0.2, 0) is 11.2 Å². The van der Waals surface area contributed by atoms with Crippen molar-refractivity contribution in [2.75, 3.05) is 0 Å². The summed E-state index contributed by atoms with van der Waals surface area (Å²) < 4.78 is 0. The zero-order chi connectivity index (χ0) is 11.0. The van der Waals surface area contributed by atoms with E-state index < -0.39 is 0 Å². The Bertz CT molecular complexity index is 403. The van der Waals surface area contributed by atoms with Crippen LogP contribution in [0.4, 0.5) is 0 Å². The first-order valence-corrected chi connectivity index (χ1v) is 6.30. The standard InChI is InChI=1S/C14H17NO/c16-12-6-3-10(4-7-12)13-8-5-11-2-1-9-15-14(11)13/h1-2,9-10,13H,3-8H2. The summed E-state index contributed by atoms with van der Waals surface area (Å²) in [5, 5.41) is 0. The zero-order valence-corrected chi connectivity index (χ0v) is 9.48. The minimum Gasteiger partial charge on any atom is -0.300 e. The summed E-state index contributed by atoms with van der Waals surface area (Å²) in [4.78, 5) is 15.8. The molecule has 84 valence electrons. The number of aromatic nitrogens is 1. The molecular weight excluding hydrogens is 198 g/mol. The highest BCUT2D eigenvalue weighted by Crippen LogP contribution is 2.42. The normalized spacial score (nSPS) is 25.8. The topological polar surface area (TPSA) is 30.0 Å². The van der Waals surface area contributed by atoms with Crippen molar-refractivity contribution >= 4 is 5.78 Å². The van der Waals surface area contributed by atoms with Gasteiger partial charge < -0.3 is 0 Å². The van der Waals surface area contributed by atoms with Crippen molar-refractivity contribution in [1.29, 1.82) is 0 Å². The molecule has 1 saturated carbocycles. The van der Waals surface area contributed by atoms with Gasteiger partial charge in [0.15, 0.2) is 0 Å². The van der Waals surface area contributed by atoms with Crippen molar-refractivity contribution in [3.8, 4) is 0 Å². The fraction of sp³-hybridized carbons (Fsp3) is 0.571. The highest BCUT2D eigenvalue weighted by molar-refractivity contribution is 5.79. The Kier molecular flexibility index (Phi) is 2.50. The molecule has 1 aromatic rings. The maximum atomic E-state index is 11.3. The summed E-state index contributed by atoms with van der Waals surface area (Å²) in [6.07, 6.45) is 8.08. The first kappa shape index (κ1) is 10.0. The van der Waals surface area contributed by atoms with Crippen LogP contribution in [0.15, 0.2) is 18.3 Å². The average Bonchev–Trinajstić information content (AvgIpc) is 2.74. The Morgan fingerprint density at radius 2 is 1.94 bits per heavy atom. The molecule has 0 bridgehead atoms. The molecule has 0 N–H and O–H groups in total. The molecule has 1 aromatic heterocycles. The van der Waals surface area contributed by atoms with E-state index in [1.54, 1.807) is 0 Å². The quantitative estimate of drug-likeness (QED) is 0.721. The maximum Gasteiger partial charge on any atom is 0.132 e. The van der Waals surface area contributed by atoms with E-state index in [9.17, 15) is 4.79 Å². The number of carbonyl (C=O) groups excluding carboxylic acids is 1. The molecule has 1 fully saturated rings. The lowest BCUT2D eigenvalue weighted by Gasteiger charge is -2.26. The molecule has 2 aliphatic carbocycles. The van der Waals surface area contributed by atoms with Crippen molar-refractivity contribution in [2.45, 2.75) is 44.4 Å². The second kappa shape index (κ2) is 4.00. The summed E-state index contributed by atoms with van der Waals surface area (Å²) in [7, 11) is 0. The minimum atomic E-state index is 0.454. The highest BCUT2D eigenvalue weighted by atomic mass is 16.1. The van der Waals surface area contributed by atoms with Gasteiger partial charge in [0.1, 0.15) is 5.78 Å². The van der Waals surface area contributed by atoms with Crippen LogP contribution in [0.2, 0.25) is 0 Å². The highest BCUT2D eigenvalue weighted by Gasteiger charge is 2.32. The third kappa shape index (κ3) is 1.66. The first-order chi connectivity index (χ1) is 7.84. The maximum absolute atomic E-state index is 11.3. The van der Waals surface area contributed by atoms with E-state index in [4.69, 9.17) is 0 Å². The number of aryl methyl sites for hydroxylation is 1. The number of Topliss-reactive ketones (excluding diaryl/α,β-unsaturated/α-hetero) is 1. The fourth-order valence-electron chi connectivity index (χ4n) is 3.27. The molecule has 3 rings (SSSR count). The van der Waals surface area contributed by atoms with Crippen LogP contribution >= 0.6 is 0 Å². The van der Waals surface area contributed by atoms with E-state index in [1.807, 2.05) is 12.3 Å². The molecule has 0 spiro atoms. The van der Waals surface area contributed by atoms with Crippen LogP contribution in [0.1, 0.15) is 49.3 Å². The first-order valence-electron chi connectivity index (χ1n) is 6.30. The van der Waals surface area contributed by atoms with Gasteiger partial charge in [-0.05, 0) is 43.2 Å². The van der Waals surface area contributed by atoms with E-state index >= 15 is 0 Å². The van der Waals surface area contributed by atoms with Gasteiger partial charge >= 0.3 is 0 Å². The molecule has 0 radical (unpaired) electrons. The molecule has 0 aliphatic heterocycles.